The monoisotopic (exact) mass is 420 g/mol. The van der Waals surface area contributed by atoms with E-state index in [0.717, 1.165) is 5.56 Å². The summed E-state index contributed by atoms with van der Waals surface area (Å²) in [5.74, 6) is -0.0505. The number of carbonyl (C=O) groups excluding carboxylic acids is 2. The van der Waals surface area contributed by atoms with E-state index < -0.39 is 5.82 Å². The second-order valence-corrected chi connectivity index (χ2v) is 7.18. The number of nitrogens with one attached hydrogen (secondary N) is 2. The Morgan fingerprint density at radius 3 is 2.68 bits per heavy atom. The number of hydrogen-bond donors (Lipinski definition) is 2. The predicted octanol–water partition coefficient (Wildman–Crippen LogP) is 4.23. The Labute approximate surface area is 179 Å². The van der Waals surface area contributed by atoms with Crippen LogP contribution in [0.25, 0.3) is 0 Å². The van der Waals surface area contributed by atoms with Crippen molar-refractivity contribution in [2.75, 3.05) is 12.1 Å². The van der Waals surface area contributed by atoms with Gasteiger partial charge in [0.1, 0.15) is 5.82 Å². The fraction of sp³-hybridized carbons (Fsp3) is 0.167. The van der Waals surface area contributed by atoms with Gasteiger partial charge in [-0.05, 0) is 48.4 Å². The molecule has 0 bridgehead atoms. The van der Waals surface area contributed by atoms with Crippen molar-refractivity contribution in [1.82, 2.24) is 5.32 Å². The molecule has 1 atom stereocenters. The first-order valence-electron chi connectivity index (χ1n) is 9.84. The largest absolute Gasteiger partial charge is 0.454 e. The molecule has 0 fully saturated rings. The van der Waals surface area contributed by atoms with Gasteiger partial charge in [-0.3, -0.25) is 9.59 Å². The van der Waals surface area contributed by atoms with Gasteiger partial charge in [-0.2, -0.15) is 0 Å². The van der Waals surface area contributed by atoms with E-state index in [0.29, 0.717) is 28.3 Å². The highest BCUT2D eigenvalue weighted by molar-refractivity contribution is 5.98. The van der Waals surface area contributed by atoms with Crippen LogP contribution in [0.3, 0.4) is 0 Å². The Morgan fingerprint density at radius 1 is 1.03 bits per heavy atom. The molecule has 0 radical (unpaired) electrons. The number of amides is 2. The van der Waals surface area contributed by atoms with E-state index in [2.05, 4.69) is 10.6 Å². The minimum absolute atomic E-state index is 0.0651. The molecule has 158 valence electrons. The van der Waals surface area contributed by atoms with Crippen molar-refractivity contribution in [1.29, 1.82) is 0 Å². The molecule has 2 amide bonds. The summed E-state index contributed by atoms with van der Waals surface area (Å²) >= 11 is 0. The smallest absolute Gasteiger partial charge is 0.255 e. The number of anilines is 1. The summed E-state index contributed by atoms with van der Waals surface area (Å²) in [5, 5.41) is 5.71. The molecule has 1 aliphatic rings. The summed E-state index contributed by atoms with van der Waals surface area (Å²) in [6.45, 7) is 1.93. The van der Waals surface area contributed by atoms with Gasteiger partial charge in [0.2, 0.25) is 12.7 Å². The number of para-hydroxylation sites is 1. The molecule has 0 saturated heterocycles. The Kier molecular flexibility index (Phi) is 5.84. The van der Waals surface area contributed by atoms with Crippen molar-refractivity contribution in [2.24, 2.45) is 0 Å². The van der Waals surface area contributed by atoms with Gasteiger partial charge >= 0.3 is 0 Å². The average molecular weight is 420 g/mol. The minimum Gasteiger partial charge on any atom is -0.454 e. The van der Waals surface area contributed by atoms with Crippen LogP contribution in [0.4, 0.5) is 10.1 Å². The number of halogens is 1. The van der Waals surface area contributed by atoms with Crippen molar-refractivity contribution >= 4 is 17.5 Å². The Hall–Kier alpha value is -3.87. The summed E-state index contributed by atoms with van der Waals surface area (Å²) in [7, 11) is 0. The fourth-order valence-corrected chi connectivity index (χ4v) is 3.37. The highest BCUT2D eigenvalue weighted by Gasteiger charge is 2.23. The highest BCUT2D eigenvalue weighted by Crippen LogP contribution is 2.35. The van der Waals surface area contributed by atoms with Crippen LogP contribution in [0.15, 0.2) is 66.7 Å². The lowest BCUT2D eigenvalue weighted by Crippen LogP contribution is -2.27. The summed E-state index contributed by atoms with van der Waals surface area (Å²) in [6, 6.07) is 18.2. The molecule has 2 N–H and O–H groups in total. The highest BCUT2D eigenvalue weighted by atomic mass is 19.1. The maximum Gasteiger partial charge on any atom is 0.255 e. The van der Waals surface area contributed by atoms with Gasteiger partial charge < -0.3 is 20.1 Å². The van der Waals surface area contributed by atoms with Crippen molar-refractivity contribution in [3.8, 4) is 11.5 Å². The third kappa shape index (κ3) is 4.66. The van der Waals surface area contributed by atoms with Crippen LogP contribution in [0.2, 0.25) is 0 Å². The summed E-state index contributed by atoms with van der Waals surface area (Å²) in [5.41, 5.74) is 2.11. The zero-order chi connectivity index (χ0) is 21.8. The average Bonchev–Trinajstić information content (AvgIpc) is 3.24. The SMILES string of the molecule is CC(NC(=O)c1cccc2c1OCO2)c1cccc(NC(=O)Cc2ccccc2F)c1. The Balaban J connectivity index is 1.42. The summed E-state index contributed by atoms with van der Waals surface area (Å²) in [4.78, 5) is 25.0. The van der Waals surface area contributed by atoms with E-state index in [1.54, 1.807) is 54.6 Å². The van der Waals surface area contributed by atoms with Crippen LogP contribution in [-0.2, 0) is 11.2 Å². The molecule has 6 nitrogen and oxygen atoms in total. The van der Waals surface area contributed by atoms with Crippen LogP contribution < -0.4 is 20.1 Å². The zero-order valence-corrected chi connectivity index (χ0v) is 16.9. The van der Waals surface area contributed by atoms with Crippen LogP contribution >= 0.6 is 0 Å². The molecular weight excluding hydrogens is 399 g/mol. The first-order chi connectivity index (χ1) is 15.0. The second kappa shape index (κ2) is 8.87. The molecule has 1 aliphatic heterocycles. The van der Waals surface area contributed by atoms with Crippen LogP contribution in [0, 0.1) is 5.82 Å². The van der Waals surface area contributed by atoms with Gasteiger partial charge in [0.05, 0.1) is 18.0 Å². The number of hydrogen-bond acceptors (Lipinski definition) is 4. The Morgan fingerprint density at radius 2 is 1.84 bits per heavy atom. The van der Waals surface area contributed by atoms with E-state index in [4.69, 9.17) is 9.47 Å². The molecule has 1 unspecified atom stereocenters. The predicted molar refractivity (Wildman–Crippen MR) is 114 cm³/mol. The molecule has 0 aromatic heterocycles. The van der Waals surface area contributed by atoms with Gasteiger partial charge in [0, 0.05) is 5.69 Å². The summed E-state index contributed by atoms with van der Waals surface area (Å²) < 4.78 is 24.5. The Bertz CT molecular complexity index is 1130. The molecule has 1 heterocycles. The van der Waals surface area contributed by atoms with E-state index in [1.165, 1.54) is 6.07 Å². The maximum atomic E-state index is 13.8. The van der Waals surface area contributed by atoms with E-state index in [1.807, 2.05) is 13.0 Å². The number of benzene rings is 3. The molecule has 7 heteroatoms. The molecule has 3 aromatic rings. The standard InChI is InChI=1S/C24H21FN2O4/c1-15(26-24(29)19-9-5-11-21-23(19)31-14-30-21)16-7-4-8-18(12-16)27-22(28)13-17-6-2-3-10-20(17)25/h2-12,15H,13-14H2,1H3,(H,26,29)(H,27,28). The molecule has 0 saturated carbocycles. The number of carbonyl (C=O) groups is 2. The van der Waals surface area contributed by atoms with Crippen LogP contribution in [0.5, 0.6) is 11.5 Å². The lowest BCUT2D eigenvalue weighted by atomic mass is 10.1. The first kappa shape index (κ1) is 20.4. The molecule has 3 aromatic carbocycles. The van der Waals surface area contributed by atoms with Crippen molar-refractivity contribution in [3.63, 3.8) is 0 Å². The third-order valence-corrected chi connectivity index (χ3v) is 4.97. The minimum atomic E-state index is -0.412. The number of fused-ring (bicyclic) bond motifs is 1. The van der Waals surface area contributed by atoms with E-state index in [9.17, 15) is 14.0 Å². The topological polar surface area (TPSA) is 76.7 Å². The fourth-order valence-electron chi connectivity index (χ4n) is 3.37. The van der Waals surface area contributed by atoms with Crippen molar-refractivity contribution in [3.05, 3.63) is 89.2 Å². The number of rotatable bonds is 6. The maximum absolute atomic E-state index is 13.8. The molecular formula is C24H21FN2O4. The quantitative estimate of drug-likeness (QED) is 0.626. The van der Waals surface area contributed by atoms with Crippen LogP contribution in [-0.4, -0.2) is 18.6 Å². The second-order valence-electron chi connectivity index (χ2n) is 7.18. The normalized spacial score (nSPS) is 12.8. The lowest BCUT2D eigenvalue weighted by Gasteiger charge is -2.16. The van der Waals surface area contributed by atoms with Gasteiger partial charge in [-0.15, -0.1) is 0 Å². The van der Waals surface area contributed by atoms with Gasteiger partial charge in [0.15, 0.2) is 11.5 Å². The third-order valence-electron chi connectivity index (χ3n) is 4.97. The molecule has 4 rings (SSSR count). The van der Waals surface area contributed by atoms with Gasteiger partial charge in [0.25, 0.3) is 5.91 Å². The van der Waals surface area contributed by atoms with E-state index in [-0.39, 0.29) is 31.1 Å². The lowest BCUT2D eigenvalue weighted by molar-refractivity contribution is -0.115. The molecule has 0 spiro atoms. The summed E-state index contributed by atoms with van der Waals surface area (Å²) in [6.07, 6.45) is -0.0651. The van der Waals surface area contributed by atoms with Crippen molar-refractivity contribution in [2.45, 2.75) is 19.4 Å². The molecule has 31 heavy (non-hydrogen) atoms. The van der Waals surface area contributed by atoms with Gasteiger partial charge in [-0.1, -0.05) is 36.4 Å². The van der Waals surface area contributed by atoms with Crippen LogP contribution in [0.1, 0.15) is 34.5 Å². The van der Waals surface area contributed by atoms with E-state index >= 15 is 0 Å². The van der Waals surface area contributed by atoms with Crippen molar-refractivity contribution < 1.29 is 23.5 Å². The first-order valence-corrected chi connectivity index (χ1v) is 9.84. The van der Waals surface area contributed by atoms with Gasteiger partial charge in [-0.25, -0.2) is 4.39 Å². The number of ether oxygens (including phenoxy) is 2. The zero-order valence-electron chi connectivity index (χ0n) is 16.9. The molecule has 0 aliphatic carbocycles.